The number of methoxy groups -OCH3 is 1. The highest BCUT2D eigenvalue weighted by atomic mass is 16.5. The van der Waals surface area contributed by atoms with Gasteiger partial charge in [-0.2, -0.15) is 5.10 Å². The molecule has 0 bridgehead atoms. The summed E-state index contributed by atoms with van der Waals surface area (Å²) >= 11 is 0. The molecule has 0 aliphatic carbocycles. The average molecular weight is 330 g/mol. The van der Waals surface area contributed by atoms with Gasteiger partial charge in [-0.05, 0) is 12.1 Å². The molecule has 128 valence electrons. The number of hydrogen-bond donors (Lipinski definition) is 3. The summed E-state index contributed by atoms with van der Waals surface area (Å²) in [5.74, 6) is 1.35. The van der Waals surface area contributed by atoms with Gasteiger partial charge in [-0.3, -0.25) is 0 Å². The van der Waals surface area contributed by atoms with Crippen LogP contribution in [0, 0.1) is 0 Å². The van der Waals surface area contributed by atoms with E-state index in [1.807, 2.05) is 37.2 Å². The number of nitrogens with zero attached hydrogens (tertiary/aromatic N) is 3. The van der Waals surface area contributed by atoms with Crippen LogP contribution in [0.25, 0.3) is 0 Å². The van der Waals surface area contributed by atoms with Gasteiger partial charge in [0.25, 0.3) is 0 Å². The minimum Gasteiger partial charge on any atom is -0.497 e. The fraction of sp³-hybridized carbons (Fsp3) is 0.312. The van der Waals surface area contributed by atoms with Crippen molar-refractivity contribution in [3.8, 4) is 5.75 Å². The molecule has 2 aromatic rings. The number of carbonyl (C=O) groups is 1. The molecular formula is C16H22N6O2. The zero-order valence-corrected chi connectivity index (χ0v) is 14.0. The normalized spacial score (nSPS) is 9.96. The van der Waals surface area contributed by atoms with Gasteiger partial charge >= 0.3 is 6.03 Å². The van der Waals surface area contributed by atoms with Crippen LogP contribution in [0.5, 0.6) is 5.75 Å². The molecule has 0 saturated heterocycles. The van der Waals surface area contributed by atoms with E-state index >= 15 is 0 Å². The molecule has 0 atom stereocenters. The van der Waals surface area contributed by atoms with Gasteiger partial charge in [-0.15, -0.1) is 5.10 Å². The van der Waals surface area contributed by atoms with E-state index in [4.69, 9.17) is 4.74 Å². The van der Waals surface area contributed by atoms with Gasteiger partial charge in [0.2, 0.25) is 0 Å². The quantitative estimate of drug-likeness (QED) is 0.670. The Balaban J connectivity index is 1.73. The van der Waals surface area contributed by atoms with Crippen LogP contribution in [-0.2, 0) is 0 Å². The number of carbonyl (C=O) groups excluding carboxylic acids is 1. The van der Waals surface area contributed by atoms with E-state index in [1.54, 1.807) is 25.4 Å². The van der Waals surface area contributed by atoms with Crippen LogP contribution in [0.4, 0.5) is 22.0 Å². The summed E-state index contributed by atoms with van der Waals surface area (Å²) in [6.07, 6.45) is 1.69. The van der Waals surface area contributed by atoms with Gasteiger partial charge < -0.3 is 25.6 Å². The maximum absolute atomic E-state index is 11.8. The minimum absolute atomic E-state index is 0.279. The number of benzene rings is 1. The standard InChI is InChI=1S/C16H22N6O2/c1-22(2)13-10-15(21-19-11-13)17-7-8-18-16(23)20-12-5-4-6-14(9-12)24-3/h4-6,9-11H,7-8H2,1-3H3,(H,17,21)(H2,18,20,23). The van der Waals surface area contributed by atoms with Crippen LogP contribution in [-0.4, -0.2) is 50.5 Å². The summed E-state index contributed by atoms with van der Waals surface area (Å²) in [7, 11) is 5.45. The second-order valence-electron chi connectivity index (χ2n) is 5.23. The molecule has 1 aromatic heterocycles. The highest BCUT2D eigenvalue weighted by molar-refractivity contribution is 5.89. The summed E-state index contributed by atoms with van der Waals surface area (Å²) in [6, 6.07) is 8.78. The lowest BCUT2D eigenvalue weighted by Crippen LogP contribution is -2.32. The first-order valence-electron chi connectivity index (χ1n) is 7.51. The molecule has 0 aliphatic rings. The van der Waals surface area contributed by atoms with Gasteiger partial charge in [0, 0.05) is 45.0 Å². The van der Waals surface area contributed by atoms with Crippen molar-refractivity contribution in [1.82, 2.24) is 15.5 Å². The lowest BCUT2D eigenvalue weighted by Gasteiger charge is -2.13. The number of hydrogen-bond acceptors (Lipinski definition) is 6. The molecule has 0 aliphatic heterocycles. The van der Waals surface area contributed by atoms with Crippen LogP contribution < -0.4 is 25.6 Å². The van der Waals surface area contributed by atoms with Crippen molar-refractivity contribution in [3.05, 3.63) is 36.5 Å². The van der Waals surface area contributed by atoms with Crippen LogP contribution in [0.15, 0.2) is 36.5 Å². The smallest absolute Gasteiger partial charge is 0.319 e. The number of urea groups is 1. The van der Waals surface area contributed by atoms with Gasteiger partial charge in [-0.1, -0.05) is 6.07 Å². The second kappa shape index (κ2) is 8.56. The van der Waals surface area contributed by atoms with Gasteiger partial charge in [0.1, 0.15) is 5.75 Å². The lowest BCUT2D eigenvalue weighted by atomic mass is 10.3. The summed E-state index contributed by atoms with van der Waals surface area (Å²) in [5.41, 5.74) is 1.63. The zero-order chi connectivity index (χ0) is 17.4. The Morgan fingerprint density at radius 1 is 1.25 bits per heavy atom. The summed E-state index contributed by atoms with van der Waals surface area (Å²) in [4.78, 5) is 13.8. The topological polar surface area (TPSA) is 91.4 Å². The first kappa shape index (κ1) is 17.3. The predicted molar refractivity (Wildman–Crippen MR) is 94.9 cm³/mol. The van der Waals surface area contributed by atoms with Gasteiger partial charge in [0.15, 0.2) is 5.82 Å². The molecule has 8 heteroatoms. The van der Waals surface area contributed by atoms with E-state index in [1.165, 1.54) is 0 Å². The molecule has 3 N–H and O–H groups in total. The maximum Gasteiger partial charge on any atom is 0.319 e. The largest absolute Gasteiger partial charge is 0.497 e. The monoisotopic (exact) mass is 330 g/mol. The molecule has 0 unspecified atom stereocenters. The molecule has 0 fully saturated rings. The minimum atomic E-state index is -0.279. The van der Waals surface area contributed by atoms with Crippen LogP contribution >= 0.6 is 0 Å². The Bertz CT molecular complexity index is 677. The number of anilines is 3. The van der Waals surface area contributed by atoms with Crippen molar-refractivity contribution in [3.63, 3.8) is 0 Å². The van der Waals surface area contributed by atoms with E-state index in [2.05, 4.69) is 26.1 Å². The molecule has 0 radical (unpaired) electrons. The highest BCUT2D eigenvalue weighted by Gasteiger charge is 2.03. The zero-order valence-electron chi connectivity index (χ0n) is 14.0. The average Bonchev–Trinajstić information content (AvgIpc) is 2.59. The Hall–Kier alpha value is -3.03. The van der Waals surface area contributed by atoms with Crippen LogP contribution in [0.2, 0.25) is 0 Å². The molecular weight excluding hydrogens is 308 g/mol. The van der Waals surface area contributed by atoms with Gasteiger partial charge in [0.05, 0.1) is 19.0 Å². The Kier molecular flexibility index (Phi) is 6.18. The SMILES string of the molecule is COc1cccc(NC(=O)NCCNc2cc(N(C)C)cnn2)c1. The number of aromatic nitrogens is 2. The van der Waals surface area contributed by atoms with Crippen LogP contribution in [0.3, 0.4) is 0 Å². The van der Waals surface area contributed by atoms with Crippen molar-refractivity contribution in [2.24, 2.45) is 0 Å². The molecule has 24 heavy (non-hydrogen) atoms. The van der Waals surface area contributed by atoms with Crippen molar-refractivity contribution in [2.75, 3.05) is 49.8 Å². The summed E-state index contributed by atoms with van der Waals surface area (Å²) < 4.78 is 5.11. The van der Waals surface area contributed by atoms with E-state index in [0.29, 0.717) is 30.3 Å². The molecule has 1 heterocycles. The predicted octanol–water partition coefficient (Wildman–Crippen LogP) is 1.78. The van der Waals surface area contributed by atoms with Gasteiger partial charge in [-0.25, -0.2) is 4.79 Å². The van der Waals surface area contributed by atoms with Crippen molar-refractivity contribution in [1.29, 1.82) is 0 Å². The lowest BCUT2D eigenvalue weighted by molar-refractivity contribution is 0.252. The fourth-order valence-corrected chi connectivity index (χ4v) is 1.93. The Morgan fingerprint density at radius 3 is 2.83 bits per heavy atom. The first-order valence-corrected chi connectivity index (χ1v) is 7.51. The molecule has 0 spiro atoms. The van der Waals surface area contributed by atoms with E-state index < -0.39 is 0 Å². The third-order valence-corrected chi connectivity index (χ3v) is 3.20. The summed E-state index contributed by atoms with van der Waals surface area (Å²) in [5, 5.41) is 16.5. The first-order chi connectivity index (χ1) is 11.6. The Morgan fingerprint density at radius 2 is 2.08 bits per heavy atom. The third-order valence-electron chi connectivity index (χ3n) is 3.20. The molecule has 1 aromatic carbocycles. The van der Waals surface area contributed by atoms with E-state index in [-0.39, 0.29) is 6.03 Å². The number of nitrogens with one attached hydrogen (secondary N) is 3. The molecule has 2 amide bonds. The third kappa shape index (κ3) is 5.31. The number of rotatable bonds is 7. The van der Waals surface area contributed by atoms with E-state index in [0.717, 1.165) is 5.69 Å². The number of ether oxygens (including phenoxy) is 1. The molecule has 2 rings (SSSR count). The molecule has 8 nitrogen and oxygen atoms in total. The highest BCUT2D eigenvalue weighted by Crippen LogP contribution is 2.16. The van der Waals surface area contributed by atoms with Crippen LogP contribution in [0.1, 0.15) is 0 Å². The van der Waals surface area contributed by atoms with Crippen molar-refractivity contribution >= 4 is 23.2 Å². The number of amides is 2. The maximum atomic E-state index is 11.8. The van der Waals surface area contributed by atoms with Crippen molar-refractivity contribution < 1.29 is 9.53 Å². The summed E-state index contributed by atoms with van der Waals surface area (Å²) in [6.45, 7) is 0.987. The van der Waals surface area contributed by atoms with E-state index in [9.17, 15) is 4.79 Å². The fourth-order valence-electron chi connectivity index (χ4n) is 1.93. The Labute approximate surface area is 141 Å². The van der Waals surface area contributed by atoms with Crippen molar-refractivity contribution in [2.45, 2.75) is 0 Å². The molecule has 0 saturated carbocycles. The second-order valence-corrected chi connectivity index (χ2v) is 5.23.